The van der Waals surface area contributed by atoms with Gasteiger partial charge in [0.2, 0.25) is 0 Å². The van der Waals surface area contributed by atoms with E-state index in [0.717, 1.165) is 31.7 Å². The molecule has 2 fully saturated rings. The topological polar surface area (TPSA) is 73.9 Å². The zero-order valence-electron chi connectivity index (χ0n) is 13.1. The van der Waals surface area contributed by atoms with Crippen LogP contribution in [0.5, 0.6) is 0 Å². The molecule has 2 aliphatic heterocycles. The van der Waals surface area contributed by atoms with Crippen LogP contribution in [0.3, 0.4) is 0 Å². The quantitative estimate of drug-likeness (QED) is 0.490. The lowest BCUT2D eigenvalue weighted by molar-refractivity contribution is 0.463. The zero-order valence-corrected chi connectivity index (χ0v) is 14.7. The average molecular weight is 370 g/mol. The number of hydrogen-bond donors (Lipinski definition) is 2. The van der Waals surface area contributed by atoms with Gasteiger partial charge in [0.25, 0.3) is 5.56 Å². The van der Waals surface area contributed by atoms with E-state index in [-0.39, 0.29) is 16.1 Å². The number of rotatable bonds is 3. The van der Waals surface area contributed by atoms with Crippen molar-refractivity contribution in [1.29, 1.82) is 0 Å². The van der Waals surface area contributed by atoms with Gasteiger partial charge in [0.15, 0.2) is 11.0 Å². The number of aromatic nitrogens is 3. The fourth-order valence-corrected chi connectivity index (χ4v) is 4.25. The van der Waals surface area contributed by atoms with Gasteiger partial charge in [0.1, 0.15) is 21.9 Å². The summed E-state index contributed by atoms with van der Waals surface area (Å²) in [7, 11) is 0. The van der Waals surface area contributed by atoms with E-state index in [2.05, 4.69) is 25.2 Å². The molecule has 0 saturated carbocycles. The fraction of sp³-hybridized carbons (Fsp3) is 0.533. The molecule has 128 valence electrons. The number of piperazine rings is 1. The van der Waals surface area contributed by atoms with Crippen molar-refractivity contribution in [3.05, 3.63) is 21.3 Å². The number of aromatic amines is 1. The molecule has 2 aliphatic rings. The first kappa shape index (κ1) is 16.1. The summed E-state index contributed by atoms with van der Waals surface area (Å²) in [5.41, 5.74) is -0.457. The molecule has 0 aromatic carbocycles. The van der Waals surface area contributed by atoms with Gasteiger partial charge in [0.05, 0.1) is 0 Å². The molecule has 0 spiro atoms. The SMILES string of the molecule is CCSc1nc(N2CC3CCC(C2)N3)c2c(=O)[nH]c(Cl)c(F)c2n1. The van der Waals surface area contributed by atoms with Crippen LogP contribution in [-0.4, -0.2) is 45.9 Å². The molecule has 2 bridgehead atoms. The van der Waals surface area contributed by atoms with Crippen molar-refractivity contribution in [2.75, 3.05) is 23.7 Å². The third-order valence-electron chi connectivity index (χ3n) is 4.51. The molecule has 0 radical (unpaired) electrons. The Bertz CT molecular complexity index is 848. The summed E-state index contributed by atoms with van der Waals surface area (Å²) in [5, 5.41) is 3.87. The Kier molecular flexibility index (Phi) is 4.14. The van der Waals surface area contributed by atoms with Gasteiger partial charge in [-0.25, -0.2) is 14.4 Å². The molecule has 2 unspecified atom stereocenters. The summed E-state index contributed by atoms with van der Waals surface area (Å²) in [5.74, 6) is 0.563. The highest BCUT2D eigenvalue weighted by atomic mass is 35.5. The van der Waals surface area contributed by atoms with Gasteiger partial charge in [-0.05, 0) is 18.6 Å². The highest BCUT2D eigenvalue weighted by Crippen LogP contribution is 2.31. The molecule has 24 heavy (non-hydrogen) atoms. The molecular weight excluding hydrogens is 353 g/mol. The predicted molar refractivity (Wildman–Crippen MR) is 93.7 cm³/mol. The lowest BCUT2D eigenvalue weighted by Gasteiger charge is -2.34. The normalized spacial score (nSPS) is 23.2. The maximum atomic E-state index is 14.5. The van der Waals surface area contributed by atoms with Crippen LogP contribution in [0.2, 0.25) is 5.15 Å². The molecule has 2 saturated heterocycles. The first-order valence-electron chi connectivity index (χ1n) is 7.99. The maximum Gasteiger partial charge on any atom is 0.262 e. The van der Waals surface area contributed by atoms with E-state index in [0.29, 0.717) is 23.1 Å². The van der Waals surface area contributed by atoms with Gasteiger partial charge in [0, 0.05) is 25.2 Å². The van der Waals surface area contributed by atoms with Crippen LogP contribution < -0.4 is 15.8 Å². The molecule has 2 aromatic heterocycles. The molecule has 2 atom stereocenters. The Morgan fingerprint density at radius 2 is 2.04 bits per heavy atom. The minimum absolute atomic E-state index is 0.00409. The standard InChI is InChI=1S/C15H17ClFN5OS/c1-2-24-15-19-11-9(14(23)20-12(16)10(11)17)13(21-15)22-5-7-3-4-8(6-22)18-7/h7-8,18H,2-6H2,1H3,(H,20,23). The lowest BCUT2D eigenvalue weighted by Crippen LogP contribution is -2.51. The van der Waals surface area contributed by atoms with Crippen LogP contribution in [0.4, 0.5) is 10.2 Å². The Morgan fingerprint density at radius 3 is 2.71 bits per heavy atom. The van der Waals surface area contributed by atoms with E-state index >= 15 is 0 Å². The largest absolute Gasteiger partial charge is 0.353 e. The van der Waals surface area contributed by atoms with Gasteiger partial charge >= 0.3 is 0 Å². The number of thioether (sulfide) groups is 1. The first-order chi connectivity index (χ1) is 11.6. The fourth-order valence-electron chi connectivity index (χ4n) is 3.51. The summed E-state index contributed by atoms with van der Waals surface area (Å²) >= 11 is 7.21. The van der Waals surface area contributed by atoms with Crippen LogP contribution >= 0.6 is 23.4 Å². The summed E-state index contributed by atoms with van der Waals surface area (Å²) in [4.78, 5) is 25.6. The second kappa shape index (κ2) is 6.16. The van der Waals surface area contributed by atoms with Gasteiger partial charge in [-0.3, -0.25) is 4.79 Å². The molecule has 6 nitrogen and oxygen atoms in total. The number of H-pyrrole nitrogens is 1. The molecular formula is C15H17ClFN5OS. The van der Waals surface area contributed by atoms with Crippen LogP contribution in [0, 0.1) is 5.82 Å². The number of nitrogens with zero attached hydrogens (tertiary/aromatic N) is 3. The molecule has 9 heteroatoms. The maximum absolute atomic E-state index is 14.5. The predicted octanol–water partition coefficient (Wildman–Crippen LogP) is 2.16. The molecule has 4 heterocycles. The first-order valence-corrected chi connectivity index (χ1v) is 9.36. The number of fused-ring (bicyclic) bond motifs is 3. The van der Waals surface area contributed by atoms with E-state index in [9.17, 15) is 9.18 Å². The summed E-state index contributed by atoms with van der Waals surface area (Å²) < 4.78 is 14.5. The van der Waals surface area contributed by atoms with Crippen molar-refractivity contribution in [3.63, 3.8) is 0 Å². The van der Waals surface area contributed by atoms with E-state index < -0.39 is 11.4 Å². The van der Waals surface area contributed by atoms with Gasteiger partial charge in [-0.15, -0.1) is 0 Å². The van der Waals surface area contributed by atoms with Crippen molar-refractivity contribution in [1.82, 2.24) is 20.3 Å². The van der Waals surface area contributed by atoms with Crippen molar-refractivity contribution < 1.29 is 4.39 Å². The van der Waals surface area contributed by atoms with E-state index in [4.69, 9.17) is 11.6 Å². The smallest absolute Gasteiger partial charge is 0.262 e. The monoisotopic (exact) mass is 369 g/mol. The summed E-state index contributed by atoms with van der Waals surface area (Å²) in [6.45, 7) is 3.48. The van der Waals surface area contributed by atoms with Crippen LogP contribution in [0.25, 0.3) is 10.9 Å². The Hall–Kier alpha value is -1.38. The summed E-state index contributed by atoms with van der Waals surface area (Å²) in [6, 6.07) is 0.763. The van der Waals surface area contributed by atoms with Gasteiger partial charge < -0.3 is 15.2 Å². The van der Waals surface area contributed by atoms with E-state index in [1.165, 1.54) is 11.8 Å². The van der Waals surface area contributed by atoms with Crippen molar-refractivity contribution in [3.8, 4) is 0 Å². The van der Waals surface area contributed by atoms with Crippen LogP contribution in [0.1, 0.15) is 19.8 Å². The minimum atomic E-state index is -0.703. The van der Waals surface area contributed by atoms with E-state index in [1.54, 1.807) is 0 Å². The molecule has 0 aliphatic carbocycles. The lowest BCUT2D eigenvalue weighted by atomic mass is 10.2. The second-order valence-corrected chi connectivity index (χ2v) is 7.72. The molecule has 0 amide bonds. The van der Waals surface area contributed by atoms with Gasteiger partial charge in [-0.2, -0.15) is 0 Å². The molecule has 2 N–H and O–H groups in total. The third-order valence-corrected chi connectivity index (χ3v) is 5.50. The van der Waals surface area contributed by atoms with Crippen LogP contribution in [-0.2, 0) is 0 Å². The number of hydrogen-bond acceptors (Lipinski definition) is 6. The van der Waals surface area contributed by atoms with Crippen molar-refractivity contribution >= 4 is 40.1 Å². The minimum Gasteiger partial charge on any atom is -0.353 e. The Morgan fingerprint density at radius 1 is 1.33 bits per heavy atom. The number of pyridine rings is 1. The highest BCUT2D eigenvalue weighted by molar-refractivity contribution is 7.99. The summed E-state index contributed by atoms with van der Waals surface area (Å²) in [6.07, 6.45) is 2.22. The Labute approximate surface area is 147 Å². The average Bonchev–Trinajstić information content (AvgIpc) is 2.90. The third kappa shape index (κ3) is 2.66. The zero-order chi connectivity index (χ0) is 16.8. The molecule has 4 rings (SSSR count). The molecule has 2 aromatic rings. The number of nitrogens with one attached hydrogen (secondary N) is 2. The van der Waals surface area contributed by atoms with Gasteiger partial charge in [-0.1, -0.05) is 30.3 Å². The number of halogens is 2. The second-order valence-electron chi connectivity index (χ2n) is 6.11. The number of anilines is 1. The van der Waals surface area contributed by atoms with Crippen molar-refractivity contribution in [2.24, 2.45) is 0 Å². The Balaban J connectivity index is 1.92. The van der Waals surface area contributed by atoms with Crippen molar-refractivity contribution in [2.45, 2.75) is 37.0 Å². The highest BCUT2D eigenvalue weighted by Gasteiger charge is 2.34. The van der Waals surface area contributed by atoms with E-state index in [1.807, 2.05) is 6.92 Å². The van der Waals surface area contributed by atoms with Crippen LogP contribution in [0.15, 0.2) is 9.95 Å².